The van der Waals surface area contributed by atoms with Crippen LogP contribution in [0.2, 0.25) is 0 Å². The van der Waals surface area contributed by atoms with Crippen LogP contribution in [0.3, 0.4) is 0 Å². The maximum Gasteiger partial charge on any atom is 0.242 e. The Morgan fingerprint density at radius 2 is 1.89 bits per heavy atom. The zero-order chi connectivity index (χ0) is 19.3. The number of nitrogens with one attached hydrogen (secondary N) is 2. The summed E-state index contributed by atoms with van der Waals surface area (Å²) in [4.78, 5) is 14.3. The average molecular weight is 377 g/mol. The van der Waals surface area contributed by atoms with Crippen LogP contribution in [-0.2, 0) is 4.79 Å². The first-order chi connectivity index (χ1) is 13.0. The molecule has 1 saturated carbocycles. The molecule has 6 heteroatoms. The van der Waals surface area contributed by atoms with Crippen molar-refractivity contribution < 1.29 is 9.18 Å². The summed E-state index contributed by atoms with van der Waals surface area (Å²) in [5, 5.41) is 0. The highest BCUT2D eigenvalue weighted by atomic mass is 19.1. The first kappa shape index (κ1) is 20.2. The molecule has 3 rings (SSSR count). The standard InChI is InChI=1S/C21H33FN4O/c1-26(20(27)21(23)12-4-5-13-21)14-6-2-3-7-18-15-19(25-24-18)16-8-10-17(22)11-9-16/h8-11,18-19,24-25H,2-7,12-15,23H2,1H3. The number of rotatable bonds is 8. The van der Waals surface area contributed by atoms with Crippen molar-refractivity contribution in [1.82, 2.24) is 15.8 Å². The third-order valence-corrected chi connectivity index (χ3v) is 6.07. The first-order valence-corrected chi connectivity index (χ1v) is 10.3. The number of amides is 1. The van der Waals surface area contributed by atoms with Crippen LogP contribution >= 0.6 is 0 Å². The predicted molar refractivity (Wildman–Crippen MR) is 105 cm³/mol. The third-order valence-electron chi connectivity index (χ3n) is 6.07. The number of hydrogen-bond donors (Lipinski definition) is 3. The summed E-state index contributed by atoms with van der Waals surface area (Å²) in [6.45, 7) is 0.784. The van der Waals surface area contributed by atoms with Crippen molar-refractivity contribution in [3.63, 3.8) is 0 Å². The number of benzene rings is 1. The van der Waals surface area contributed by atoms with Gasteiger partial charge in [0.2, 0.25) is 5.91 Å². The molecule has 1 aromatic rings. The molecular formula is C21H33FN4O. The summed E-state index contributed by atoms with van der Waals surface area (Å²) >= 11 is 0. The van der Waals surface area contributed by atoms with Gasteiger partial charge in [0, 0.05) is 25.7 Å². The van der Waals surface area contributed by atoms with E-state index in [1.165, 1.54) is 12.1 Å². The molecule has 4 N–H and O–H groups in total. The van der Waals surface area contributed by atoms with Gasteiger partial charge < -0.3 is 10.6 Å². The molecule has 1 heterocycles. The second-order valence-electron chi connectivity index (χ2n) is 8.26. The minimum Gasteiger partial charge on any atom is -0.344 e. The summed E-state index contributed by atoms with van der Waals surface area (Å²) in [6, 6.07) is 7.40. The lowest BCUT2D eigenvalue weighted by Crippen LogP contribution is -2.52. The molecule has 2 fully saturated rings. The Bertz CT molecular complexity index is 615. The maximum atomic E-state index is 13.0. The first-order valence-electron chi connectivity index (χ1n) is 10.3. The average Bonchev–Trinajstić information content (AvgIpc) is 3.31. The van der Waals surface area contributed by atoms with E-state index in [0.29, 0.717) is 6.04 Å². The van der Waals surface area contributed by atoms with Gasteiger partial charge >= 0.3 is 0 Å². The van der Waals surface area contributed by atoms with Gasteiger partial charge in [0.1, 0.15) is 5.82 Å². The van der Waals surface area contributed by atoms with Gasteiger partial charge in [-0.05, 0) is 49.8 Å². The lowest BCUT2D eigenvalue weighted by atomic mass is 9.97. The summed E-state index contributed by atoms with van der Waals surface area (Å²) < 4.78 is 13.0. The van der Waals surface area contributed by atoms with Crippen molar-refractivity contribution in [2.75, 3.05) is 13.6 Å². The fourth-order valence-electron chi connectivity index (χ4n) is 4.34. The monoisotopic (exact) mass is 376 g/mol. The molecule has 0 spiro atoms. The topological polar surface area (TPSA) is 70.4 Å². The van der Waals surface area contributed by atoms with Gasteiger partial charge in [-0.1, -0.05) is 37.8 Å². The molecule has 1 saturated heterocycles. The van der Waals surface area contributed by atoms with Crippen LogP contribution in [-0.4, -0.2) is 36.0 Å². The molecular weight excluding hydrogens is 343 g/mol. The predicted octanol–water partition coefficient (Wildman–Crippen LogP) is 3.02. The zero-order valence-corrected chi connectivity index (χ0v) is 16.3. The van der Waals surface area contributed by atoms with Crippen molar-refractivity contribution in [3.8, 4) is 0 Å². The minimum absolute atomic E-state index is 0.115. The molecule has 2 aliphatic rings. The Morgan fingerprint density at radius 3 is 2.59 bits per heavy atom. The van der Waals surface area contributed by atoms with Crippen LogP contribution < -0.4 is 16.6 Å². The fraction of sp³-hybridized carbons (Fsp3) is 0.667. The molecule has 150 valence electrons. The number of hydrazine groups is 1. The van der Waals surface area contributed by atoms with Crippen molar-refractivity contribution in [2.24, 2.45) is 5.73 Å². The number of unbranched alkanes of at least 4 members (excludes halogenated alkanes) is 2. The summed E-state index contributed by atoms with van der Waals surface area (Å²) in [7, 11) is 1.88. The van der Waals surface area contributed by atoms with Gasteiger partial charge in [0.25, 0.3) is 0 Å². The highest BCUT2D eigenvalue weighted by Gasteiger charge is 2.38. The van der Waals surface area contributed by atoms with Gasteiger partial charge in [-0.15, -0.1) is 0 Å². The van der Waals surface area contributed by atoms with Crippen LogP contribution in [0, 0.1) is 5.82 Å². The van der Waals surface area contributed by atoms with Crippen molar-refractivity contribution >= 4 is 5.91 Å². The van der Waals surface area contributed by atoms with Gasteiger partial charge in [-0.25, -0.2) is 4.39 Å². The molecule has 1 aliphatic heterocycles. The van der Waals surface area contributed by atoms with Gasteiger partial charge in [0.15, 0.2) is 0 Å². The van der Waals surface area contributed by atoms with E-state index in [1.807, 2.05) is 24.1 Å². The molecule has 0 bridgehead atoms. The normalized spacial score (nSPS) is 24.3. The summed E-state index contributed by atoms with van der Waals surface area (Å²) in [5.41, 5.74) is 13.4. The SMILES string of the molecule is CN(CCCCCC1CC(c2ccc(F)cc2)NN1)C(=O)C1(N)CCCC1. The Morgan fingerprint density at radius 1 is 1.19 bits per heavy atom. The van der Waals surface area contributed by atoms with Gasteiger partial charge in [-0.2, -0.15) is 0 Å². The van der Waals surface area contributed by atoms with Crippen LogP contribution in [0.4, 0.5) is 4.39 Å². The minimum atomic E-state index is -0.608. The van der Waals surface area contributed by atoms with E-state index in [4.69, 9.17) is 5.73 Å². The second kappa shape index (κ2) is 9.13. The highest BCUT2D eigenvalue weighted by Crippen LogP contribution is 2.29. The zero-order valence-electron chi connectivity index (χ0n) is 16.3. The number of hydrogen-bond acceptors (Lipinski definition) is 4. The number of likely N-dealkylation sites (N-methyl/N-ethyl adjacent to an activating group) is 1. The van der Waals surface area contributed by atoms with Crippen LogP contribution in [0.5, 0.6) is 0 Å². The molecule has 1 aliphatic carbocycles. The van der Waals surface area contributed by atoms with Crippen molar-refractivity contribution in [2.45, 2.75) is 75.4 Å². The lowest BCUT2D eigenvalue weighted by Gasteiger charge is -2.28. The Hall–Kier alpha value is -1.50. The van der Waals surface area contributed by atoms with Crippen molar-refractivity contribution in [3.05, 3.63) is 35.6 Å². The molecule has 1 aromatic carbocycles. The molecule has 1 amide bonds. The fourth-order valence-corrected chi connectivity index (χ4v) is 4.34. The molecule has 0 aromatic heterocycles. The van der Waals surface area contributed by atoms with Gasteiger partial charge in [0.05, 0.1) is 5.54 Å². The summed E-state index contributed by atoms with van der Waals surface area (Å²) in [6.07, 6.45) is 9.15. The number of carbonyl (C=O) groups excluding carboxylic acids is 1. The molecule has 27 heavy (non-hydrogen) atoms. The highest BCUT2D eigenvalue weighted by molar-refractivity contribution is 5.86. The largest absolute Gasteiger partial charge is 0.344 e. The Labute approximate surface area is 161 Å². The molecule has 2 unspecified atom stereocenters. The number of halogens is 1. The van der Waals surface area contributed by atoms with E-state index >= 15 is 0 Å². The quantitative estimate of drug-likeness (QED) is 0.610. The van der Waals surface area contributed by atoms with E-state index in [2.05, 4.69) is 10.9 Å². The third kappa shape index (κ3) is 5.27. The van der Waals surface area contributed by atoms with Crippen LogP contribution in [0.15, 0.2) is 24.3 Å². The van der Waals surface area contributed by atoms with E-state index in [0.717, 1.165) is 69.9 Å². The van der Waals surface area contributed by atoms with Gasteiger partial charge in [-0.3, -0.25) is 15.6 Å². The lowest BCUT2D eigenvalue weighted by molar-refractivity contribution is -0.135. The molecule has 0 radical (unpaired) electrons. The van der Waals surface area contributed by atoms with E-state index in [9.17, 15) is 9.18 Å². The van der Waals surface area contributed by atoms with Crippen molar-refractivity contribution in [1.29, 1.82) is 0 Å². The van der Waals surface area contributed by atoms with E-state index in [1.54, 1.807) is 0 Å². The number of nitrogens with zero attached hydrogens (tertiary/aromatic N) is 1. The van der Waals surface area contributed by atoms with E-state index in [-0.39, 0.29) is 17.8 Å². The number of carbonyl (C=O) groups is 1. The maximum absolute atomic E-state index is 13.0. The number of nitrogens with two attached hydrogens (primary N) is 1. The molecule has 5 nitrogen and oxygen atoms in total. The summed E-state index contributed by atoms with van der Waals surface area (Å²) in [5.74, 6) is -0.0815. The molecule has 2 atom stereocenters. The Kier molecular flexibility index (Phi) is 6.84. The van der Waals surface area contributed by atoms with Crippen LogP contribution in [0.1, 0.15) is 69.4 Å². The second-order valence-corrected chi connectivity index (χ2v) is 8.26. The smallest absolute Gasteiger partial charge is 0.242 e. The Balaban J connectivity index is 1.30. The van der Waals surface area contributed by atoms with Crippen LogP contribution in [0.25, 0.3) is 0 Å². The van der Waals surface area contributed by atoms with E-state index < -0.39 is 5.54 Å².